The van der Waals surface area contributed by atoms with Crippen LogP contribution in [-0.2, 0) is 0 Å². The number of nitrogens with zero attached hydrogens (tertiary/aromatic N) is 2. The lowest BCUT2D eigenvalue weighted by molar-refractivity contribution is 0.0601. The smallest absolute Gasteiger partial charge is 0.256 e. The Kier molecular flexibility index (Phi) is 4.45. The molecule has 0 aromatic heterocycles. The molecule has 1 aliphatic heterocycles. The second kappa shape index (κ2) is 5.96. The first-order valence-electron chi connectivity index (χ1n) is 7.72. The molecule has 4 heteroatoms. The molecule has 1 fully saturated rings. The van der Waals surface area contributed by atoms with Crippen LogP contribution in [0.1, 0.15) is 43.5 Å². The number of hydrogen-bond donors (Lipinski definition) is 1. The molecule has 0 aliphatic carbocycles. The molecule has 2 N–H and O–H groups in total. The van der Waals surface area contributed by atoms with Crippen LogP contribution in [0.25, 0.3) is 0 Å². The highest BCUT2D eigenvalue weighted by atomic mass is 16.2. The van der Waals surface area contributed by atoms with Gasteiger partial charge in [0.25, 0.3) is 5.91 Å². The molecule has 1 aromatic carbocycles. The normalized spacial score (nSPS) is 17.6. The highest BCUT2D eigenvalue weighted by Gasteiger charge is 2.31. The Morgan fingerprint density at radius 2 is 1.95 bits per heavy atom. The molecule has 0 atom stereocenters. The van der Waals surface area contributed by atoms with E-state index in [2.05, 4.69) is 13.8 Å². The summed E-state index contributed by atoms with van der Waals surface area (Å²) in [6.45, 7) is 6.23. The molecule has 21 heavy (non-hydrogen) atoms. The van der Waals surface area contributed by atoms with Gasteiger partial charge in [-0.05, 0) is 36.5 Å². The van der Waals surface area contributed by atoms with E-state index in [1.165, 1.54) is 6.42 Å². The fourth-order valence-electron chi connectivity index (χ4n) is 2.89. The van der Waals surface area contributed by atoms with Gasteiger partial charge in [0, 0.05) is 38.6 Å². The lowest BCUT2D eigenvalue weighted by Gasteiger charge is -2.39. The number of benzene rings is 1. The minimum absolute atomic E-state index is 0.101. The molecule has 0 spiro atoms. The molecule has 1 aromatic rings. The minimum atomic E-state index is 0.101. The van der Waals surface area contributed by atoms with Crippen LogP contribution in [0.4, 0.5) is 11.4 Å². The van der Waals surface area contributed by atoms with Crippen LogP contribution in [0.2, 0.25) is 0 Å². The van der Waals surface area contributed by atoms with Crippen molar-refractivity contribution in [3.63, 3.8) is 0 Å². The largest absolute Gasteiger partial charge is 0.399 e. The molecule has 0 unspecified atom stereocenters. The van der Waals surface area contributed by atoms with Crippen molar-refractivity contribution in [1.82, 2.24) is 4.90 Å². The van der Waals surface area contributed by atoms with Crippen molar-refractivity contribution < 1.29 is 4.79 Å². The van der Waals surface area contributed by atoms with Crippen molar-refractivity contribution in [1.29, 1.82) is 0 Å². The first-order valence-corrected chi connectivity index (χ1v) is 7.72. The number of rotatable bonds is 3. The zero-order valence-corrected chi connectivity index (χ0v) is 13.6. The predicted octanol–water partition coefficient (Wildman–Crippen LogP) is 2.99. The topological polar surface area (TPSA) is 49.6 Å². The molecule has 1 aliphatic rings. The van der Waals surface area contributed by atoms with Gasteiger partial charge in [0.2, 0.25) is 0 Å². The summed E-state index contributed by atoms with van der Waals surface area (Å²) >= 11 is 0. The highest BCUT2D eigenvalue weighted by Crippen LogP contribution is 2.35. The number of piperidine rings is 1. The number of likely N-dealkylation sites (tertiary alicyclic amines) is 1. The summed E-state index contributed by atoms with van der Waals surface area (Å²) in [6, 6.07) is 5.56. The quantitative estimate of drug-likeness (QED) is 0.870. The molecular weight excluding hydrogens is 262 g/mol. The monoisotopic (exact) mass is 289 g/mol. The van der Waals surface area contributed by atoms with Crippen LogP contribution in [-0.4, -0.2) is 38.0 Å². The lowest BCUT2D eigenvalue weighted by Crippen LogP contribution is -2.42. The van der Waals surface area contributed by atoms with Gasteiger partial charge in [-0.25, -0.2) is 0 Å². The molecule has 0 saturated carbocycles. The van der Waals surface area contributed by atoms with Gasteiger partial charge in [0.05, 0.1) is 5.56 Å². The standard InChI is InChI=1S/C17H27N3O/c1-5-17(2)8-10-20(11-9-17)16(21)14-12-13(18)6-7-15(14)19(3)4/h6-7,12H,5,8-11,18H2,1-4H3. The Morgan fingerprint density at radius 3 is 2.48 bits per heavy atom. The van der Waals surface area contributed by atoms with E-state index in [-0.39, 0.29) is 5.91 Å². The molecule has 2 rings (SSSR count). The van der Waals surface area contributed by atoms with E-state index in [0.717, 1.165) is 31.6 Å². The number of carbonyl (C=O) groups excluding carboxylic acids is 1. The van der Waals surface area contributed by atoms with E-state index < -0.39 is 0 Å². The van der Waals surface area contributed by atoms with E-state index in [9.17, 15) is 4.79 Å². The second-order valence-electron chi connectivity index (χ2n) is 6.63. The van der Waals surface area contributed by atoms with Crippen molar-refractivity contribution in [3.05, 3.63) is 23.8 Å². The maximum atomic E-state index is 12.8. The molecule has 1 amide bonds. The summed E-state index contributed by atoms with van der Waals surface area (Å²) in [4.78, 5) is 16.8. The lowest BCUT2D eigenvalue weighted by atomic mass is 9.78. The minimum Gasteiger partial charge on any atom is -0.399 e. The molecule has 4 nitrogen and oxygen atoms in total. The van der Waals surface area contributed by atoms with Crippen molar-refractivity contribution >= 4 is 17.3 Å². The van der Waals surface area contributed by atoms with E-state index in [0.29, 0.717) is 16.7 Å². The average molecular weight is 289 g/mol. The maximum absolute atomic E-state index is 12.8. The molecular formula is C17H27N3O. The van der Waals surface area contributed by atoms with Crippen molar-refractivity contribution in [3.8, 4) is 0 Å². The highest BCUT2D eigenvalue weighted by molar-refractivity contribution is 6.00. The molecule has 116 valence electrons. The summed E-state index contributed by atoms with van der Waals surface area (Å²) < 4.78 is 0. The Bertz CT molecular complexity index is 517. The van der Waals surface area contributed by atoms with Crippen LogP contribution in [0.3, 0.4) is 0 Å². The Morgan fingerprint density at radius 1 is 1.33 bits per heavy atom. The van der Waals surface area contributed by atoms with E-state index in [4.69, 9.17) is 5.73 Å². The first kappa shape index (κ1) is 15.7. The fraction of sp³-hybridized carbons (Fsp3) is 0.588. The van der Waals surface area contributed by atoms with E-state index in [1.807, 2.05) is 36.0 Å². The summed E-state index contributed by atoms with van der Waals surface area (Å²) in [6.07, 6.45) is 3.33. The summed E-state index contributed by atoms with van der Waals surface area (Å²) in [7, 11) is 3.90. The first-order chi connectivity index (χ1) is 9.86. The molecule has 0 radical (unpaired) electrons. The SMILES string of the molecule is CCC1(C)CCN(C(=O)c2cc(N)ccc2N(C)C)CC1. The molecule has 1 heterocycles. The summed E-state index contributed by atoms with van der Waals surface area (Å²) in [5.74, 6) is 0.101. The third-order valence-electron chi connectivity index (χ3n) is 4.84. The predicted molar refractivity (Wildman–Crippen MR) is 88.7 cm³/mol. The number of nitrogens with two attached hydrogens (primary N) is 1. The average Bonchev–Trinajstić information content (AvgIpc) is 2.47. The van der Waals surface area contributed by atoms with Gasteiger partial charge in [-0.15, -0.1) is 0 Å². The van der Waals surface area contributed by atoms with Crippen molar-refractivity contribution in [2.45, 2.75) is 33.1 Å². The summed E-state index contributed by atoms with van der Waals surface area (Å²) in [5, 5.41) is 0. The second-order valence-corrected chi connectivity index (χ2v) is 6.63. The fourth-order valence-corrected chi connectivity index (χ4v) is 2.89. The van der Waals surface area contributed by atoms with E-state index in [1.54, 1.807) is 6.07 Å². The van der Waals surface area contributed by atoms with Crippen LogP contribution in [0, 0.1) is 5.41 Å². The molecule has 0 bridgehead atoms. The third-order valence-corrected chi connectivity index (χ3v) is 4.84. The van der Waals surface area contributed by atoms with E-state index >= 15 is 0 Å². The van der Waals surface area contributed by atoms with Gasteiger partial charge in [0.1, 0.15) is 0 Å². The van der Waals surface area contributed by atoms with Crippen molar-refractivity contribution in [2.75, 3.05) is 37.8 Å². The van der Waals surface area contributed by atoms with Gasteiger partial charge in [-0.3, -0.25) is 4.79 Å². The van der Waals surface area contributed by atoms with Crippen LogP contribution in [0.15, 0.2) is 18.2 Å². The Labute approximate surface area is 127 Å². The number of hydrogen-bond acceptors (Lipinski definition) is 3. The van der Waals surface area contributed by atoms with Gasteiger partial charge < -0.3 is 15.5 Å². The zero-order valence-electron chi connectivity index (χ0n) is 13.6. The Hall–Kier alpha value is -1.71. The van der Waals surface area contributed by atoms with Crippen LogP contribution >= 0.6 is 0 Å². The van der Waals surface area contributed by atoms with Crippen LogP contribution < -0.4 is 10.6 Å². The van der Waals surface area contributed by atoms with Gasteiger partial charge in [0.15, 0.2) is 0 Å². The number of anilines is 2. The maximum Gasteiger partial charge on any atom is 0.256 e. The number of carbonyl (C=O) groups is 1. The molecule has 1 saturated heterocycles. The summed E-state index contributed by atoms with van der Waals surface area (Å²) in [5.41, 5.74) is 8.53. The van der Waals surface area contributed by atoms with Gasteiger partial charge >= 0.3 is 0 Å². The third kappa shape index (κ3) is 3.31. The van der Waals surface area contributed by atoms with Gasteiger partial charge in [-0.1, -0.05) is 20.3 Å². The number of amides is 1. The zero-order chi connectivity index (χ0) is 15.6. The van der Waals surface area contributed by atoms with Crippen molar-refractivity contribution in [2.24, 2.45) is 5.41 Å². The number of nitrogen functional groups attached to an aromatic ring is 1. The van der Waals surface area contributed by atoms with Crippen LogP contribution in [0.5, 0.6) is 0 Å². The Balaban J connectivity index is 2.20. The van der Waals surface area contributed by atoms with Gasteiger partial charge in [-0.2, -0.15) is 0 Å².